The van der Waals surface area contributed by atoms with Crippen molar-refractivity contribution in [1.29, 1.82) is 0 Å². The van der Waals surface area contributed by atoms with Gasteiger partial charge in [-0.05, 0) is 32.9 Å². The van der Waals surface area contributed by atoms with E-state index in [9.17, 15) is 19.3 Å². The number of aryl methyl sites for hydroxylation is 1. The lowest BCUT2D eigenvalue weighted by Gasteiger charge is -2.24. The van der Waals surface area contributed by atoms with Crippen LogP contribution in [0.2, 0.25) is 0 Å². The third-order valence-electron chi connectivity index (χ3n) is 5.55. The summed E-state index contributed by atoms with van der Waals surface area (Å²) >= 11 is 5.08. The minimum absolute atomic E-state index is 0.136. The number of aliphatic hydroxyl groups excluding tert-OH is 1. The first-order chi connectivity index (χ1) is 17.6. The number of aromatic amines is 1. The molecule has 1 unspecified atom stereocenters. The first kappa shape index (κ1) is 25.4. The number of H-pyrrole nitrogens is 1. The second-order valence-corrected chi connectivity index (χ2v) is 11.4. The van der Waals surface area contributed by atoms with E-state index < -0.39 is 68.4 Å². The number of rotatable bonds is 10. The highest BCUT2D eigenvalue weighted by molar-refractivity contribution is 7.71. The van der Waals surface area contributed by atoms with Crippen LogP contribution in [0, 0.1) is 23.4 Å². The topological polar surface area (TPSA) is 129 Å². The van der Waals surface area contributed by atoms with Gasteiger partial charge in [0.1, 0.15) is 22.7 Å². The molecule has 0 aliphatic carbocycles. The number of aliphatic hydroxyl groups is 1. The number of hydrogen-bond acceptors (Lipinski definition) is 9. The van der Waals surface area contributed by atoms with Gasteiger partial charge in [0.2, 0.25) is 0 Å². The molecular formula is C24H33N2O8PS. The predicted molar refractivity (Wildman–Crippen MR) is 136 cm³/mol. The summed E-state index contributed by atoms with van der Waals surface area (Å²) in [6.07, 6.45) is -3.61. The third kappa shape index (κ3) is 6.92. The van der Waals surface area contributed by atoms with Crippen molar-refractivity contribution >= 4 is 25.8 Å². The number of carbonyl (C=O) groups excluding carboxylic acids is 1. The number of aromatic nitrogens is 2. The molecular weight excluding hydrogens is 507 g/mol. The van der Waals surface area contributed by atoms with Gasteiger partial charge in [0, 0.05) is 17.7 Å². The van der Waals surface area contributed by atoms with Gasteiger partial charge in [-0.25, -0.2) is 9.36 Å². The van der Waals surface area contributed by atoms with Gasteiger partial charge in [-0.2, -0.15) is 0 Å². The summed E-state index contributed by atoms with van der Waals surface area (Å²) in [6, 6.07) is 7.99. The predicted octanol–water partition coefficient (Wildman–Crippen LogP) is 3.99. The van der Waals surface area contributed by atoms with Crippen molar-refractivity contribution < 1.29 is 35.7 Å². The van der Waals surface area contributed by atoms with Crippen LogP contribution in [0.1, 0.15) is 42.2 Å². The van der Waals surface area contributed by atoms with E-state index in [1.807, 2.05) is 0 Å². The maximum absolute atomic E-state index is 13.9. The number of carbonyl (C=O) groups is 1. The number of nitrogens with one attached hydrogen (secondary N) is 1. The Balaban J connectivity index is 1.90. The number of nitrogens with zero attached hydrogens (tertiary/aromatic N) is 1. The Morgan fingerprint density at radius 1 is 1.33 bits per heavy atom. The van der Waals surface area contributed by atoms with E-state index in [0.717, 1.165) is 0 Å². The second kappa shape index (κ2) is 11.8. The van der Waals surface area contributed by atoms with E-state index in [2.05, 4.69) is 4.98 Å². The molecule has 1 aromatic heterocycles. The highest BCUT2D eigenvalue weighted by Gasteiger charge is 2.44. The minimum atomic E-state index is -4.39. The molecule has 36 heavy (non-hydrogen) atoms. The highest BCUT2D eigenvalue weighted by atomic mass is 32.1. The van der Waals surface area contributed by atoms with Crippen molar-refractivity contribution in [2.75, 3.05) is 12.7 Å². The summed E-state index contributed by atoms with van der Waals surface area (Å²) in [5.41, 5.74) is -0.0158. The van der Waals surface area contributed by atoms with Gasteiger partial charge in [-0.15, -0.1) is 0 Å². The fraction of sp³-hybridized carbons (Fsp3) is 0.542. The molecule has 2 heterocycles. The Hall–Kier alpha value is -2.30. The molecule has 0 amide bonds. The van der Waals surface area contributed by atoms with Crippen molar-refractivity contribution in [1.82, 2.24) is 9.55 Å². The van der Waals surface area contributed by atoms with Gasteiger partial charge in [-0.3, -0.25) is 18.9 Å². The number of hydrogen-bond donors (Lipinski definition) is 2. The SMILES string of the molecule is [2H]C([2H])(O[P@](=O)(C[C@@H](C)C(=O)OC(C)C)Oc1ccccc1)[C@@H]1O[C@H](n2cc(C)c(=S)[nH]c2=O)[C@H](C)C1O. The Kier molecular flexibility index (Phi) is 8.33. The van der Waals surface area contributed by atoms with Crippen molar-refractivity contribution in [3.05, 3.63) is 57.2 Å². The molecule has 0 bridgehead atoms. The first-order valence-electron chi connectivity index (χ1n) is 12.5. The molecule has 0 radical (unpaired) electrons. The van der Waals surface area contributed by atoms with Gasteiger partial charge in [0.25, 0.3) is 0 Å². The van der Waals surface area contributed by atoms with Gasteiger partial charge in [-0.1, -0.05) is 44.3 Å². The summed E-state index contributed by atoms with van der Waals surface area (Å²) in [6.45, 7) is 5.23. The summed E-state index contributed by atoms with van der Waals surface area (Å²) < 4.78 is 54.6. The van der Waals surface area contributed by atoms with Crippen LogP contribution in [0.5, 0.6) is 5.75 Å². The van der Waals surface area contributed by atoms with E-state index in [-0.39, 0.29) is 10.4 Å². The normalized spacial score (nSPS) is 25.5. The van der Waals surface area contributed by atoms with Crippen molar-refractivity contribution in [2.45, 2.75) is 59.2 Å². The number of esters is 1. The van der Waals surface area contributed by atoms with E-state index >= 15 is 0 Å². The molecule has 1 aliphatic heterocycles. The van der Waals surface area contributed by atoms with Crippen LogP contribution in [0.4, 0.5) is 0 Å². The Morgan fingerprint density at radius 3 is 2.64 bits per heavy atom. The molecule has 3 rings (SSSR count). The Bertz CT molecular complexity index is 1300. The Labute approximate surface area is 217 Å². The molecule has 2 N–H and O–H groups in total. The molecule has 1 aromatic carbocycles. The fourth-order valence-corrected chi connectivity index (χ4v) is 5.47. The molecule has 2 aromatic rings. The van der Waals surface area contributed by atoms with E-state index in [0.29, 0.717) is 5.56 Å². The molecule has 1 fully saturated rings. The van der Waals surface area contributed by atoms with Crippen LogP contribution in [-0.4, -0.2) is 51.7 Å². The second-order valence-electron chi connectivity index (χ2n) is 9.07. The van der Waals surface area contributed by atoms with Crippen molar-refractivity contribution in [3.63, 3.8) is 0 Å². The smallest absolute Gasteiger partial charge is 0.380 e. The number of para-hydroxylation sites is 1. The largest absolute Gasteiger partial charge is 0.463 e. The maximum atomic E-state index is 13.9. The van der Waals surface area contributed by atoms with E-state index in [4.69, 9.17) is 33.5 Å². The lowest BCUT2D eigenvalue weighted by molar-refractivity contribution is -0.151. The molecule has 1 aliphatic rings. The van der Waals surface area contributed by atoms with Crippen LogP contribution in [0.25, 0.3) is 0 Å². The lowest BCUT2D eigenvalue weighted by Crippen LogP contribution is -2.31. The van der Waals surface area contributed by atoms with Gasteiger partial charge in [0.15, 0.2) is 0 Å². The maximum Gasteiger partial charge on any atom is 0.380 e. The van der Waals surface area contributed by atoms with Gasteiger partial charge < -0.3 is 19.1 Å². The zero-order valence-corrected chi connectivity index (χ0v) is 22.5. The highest BCUT2D eigenvalue weighted by Crippen LogP contribution is 2.51. The molecule has 0 saturated carbocycles. The van der Waals surface area contributed by atoms with Crippen molar-refractivity contribution in [3.8, 4) is 5.75 Å². The fourth-order valence-electron chi connectivity index (χ4n) is 3.62. The summed E-state index contributed by atoms with van der Waals surface area (Å²) in [4.78, 5) is 27.5. The average Bonchev–Trinajstić information content (AvgIpc) is 3.11. The van der Waals surface area contributed by atoms with Crippen LogP contribution < -0.4 is 10.2 Å². The van der Waals surface area contributed by atoms with Crippen LogP contribution in [0.15, 0.2) is 41.3 Å². The van der Waals surface area contributed by atoms with E-state index in [1.54, 1.807) is 45.9 Å². The molecule has 6 atom stereocenters. The summed E-state index contributed by atoms with van der Waals surface area (Å²) in [7, 11) is -4.39. The number of benzene rings is 1. The minimum Gasteiger partial charge on any atom is -0.463 e. The van der Waals surface area contributed by atoms with Crippen LogP contribution >= 0.6 is 19.8 Å². The van der Waals surface area contributed by atoms with Gasteiger partial charge in [0.05, 0.1) is 33.6 Å². The zero-order valence-electron chi connectivity index (χ0n) is 22.7. The summed E-state index contributed by atoms with van der Waals surface area (Å²) in [5.74, 6) is -2.23. The quantitative estimate of drug-likeness (QED) is 0.260. The summed E-state index contributed by atoms with van der Waals surface area (Å²) in [5, 5.41) is 10.9. The monoisotopic (exact) mass is 542 g/mol. The van der Waals surface area contributed by atoms with Crippen LogP contribution in [0.3, 0.4) is 0 Å². The molecule has 1 saturated heterocycles. The zero-order chi connectivity index (χ0) is 28.4. The number of ether oxygens (including phenoxy) is 2. The van der Waals surface area contributed by atoms with Crippen LogP contribution in [-0.2, 0) is 23.4 Å². The lowest BCUT2D eigenvalue weighted by atomic mass is 10.0. The standard InChI is InChI=1S/C24H33N2O8PS/c1-14(2)32-23(28)16(4)13-35(30,34-18-9-7-6-8-10-18)31-12-19-20(27)17(5)22(33-19)26-11-15(3)21(36)25-24(26)29/h6-11,14,16-17,19-20,22,27H,12-13H2,1-5H3,(H,25,29,36)/t16-,17-,19+,20?,22+,35-/m1/s1/i12D2. The molecule has 198 valence electrons. The molecule has 12 heteroatoms. The third-order valence-corrected chi connectivity index (χ3v) is 7.84. The first-order valence-corrected chi connectivity index (χ1v) is 13.7. The average molecular weight is 543 g/mol. The van der Waals surface area contributed by atoms with E-state index in [1.165, 1.54) is 29.8 Å². The van der Waals surface area contributed by atoms with Crippen molar-refractivity contribution in [2.24, 2.45) is 11.8 Å². The molecule has 0 spiro atoms. The molecule has 10 nitrogen and oxygen atoms in total. The van der Waals surface area contributed by atoms with Gasteiger partial charge >= 0.3 is 19.3 Å². The Morgan fingerprint density at radius 2 is 2.00 bits per heavy atom.